The summed E-state index contributed by atoms with van der Waals surface area (Å²) >= 11 is 0. The quantitative estimate of drug-likeness (QED) is 0.295. The Morgan fingerprint density at radius 2 is 1.77 bits per heavy atom. The first-order chi connectivity index (χ1) is 20.8. The van der Waals surface area contributed by atoms with Gasteiger partial charge in [0.15, 0.2) is 5.78 Å². The molecular formula is C33H32FN3O6. The number of esters is 2. The lowest BCUT2D eigenvalue weighted by Gasteiger charge is -2.44. The molecule has 2 aromatic carbocycles. The number of rotatable bonds is 8. The van der Waals surface area contributed by atoms with Crippen LogP contribution in [0.2, 0.25) is 0 Å². The fourth-order valence-electron chi connectivity index (χ4n) is 5.91. The standard InChI is InChI=1S/C33H32FN3O6/c1-4-42-32(39)27-22(19-10-8-12-21(16-19)41-3)17-25-28(30(27)38)26(20-11-9-15-36-18-20)29(33(40)43-5-2)31(35)37(25)24-14-7-6-13-23(24)34/h6-16,18,22,26-27H,4-5,17,35H2,1-3H3/t22-,26-,27+/m0/s1. The third kappa shape index (κ3) is 5.36. The fourth-order valence-corrected chi connectivity index (χ4v) is 5.91. The number of allylic oxidation sites excluding steroid dienone is 2. The van der Waals surface area contributed by atoms with Crippen molar-refractivity contribution in [2.24, 2.45) is 11.7 Å². The summed E-state index contributed by atoms with van der Waals surface area (Å²) in [5.74, 6) is -5.16. The van der Waals surface area contributed by atoms with Crippen molar-refractivity contribution < 1.29 is 33.0 Å². The molecule has 9 nitrogen and oxygen atoms in total. The lowest BCUT2D eigenvalue weighted by Crippen LogP contribution is -2.46. The SMILES string of the molecule is CCOC(=O)C1=C(N)N(c2ccccc2F)C2=C(C(=O)[C@H](C(=O)OCC)[C@H](c3cccc(OC)c3)C2)[C@@H]1c1cccnc1. The third-order valence-corrected chi connectivity index (χ3v) is 7.71. The largest absolute Gasteiger partial charge is 0.497 e. The summed E-state index contributed by atoms with van der Waals surface area (Å²) in [4.78, 5) is 47.5. The van der Waals surface area contributed by atoms with Crippen molar-refractivity contribution >= 4 is 23.4 Å². The number of ketones is 1. The Labute approximate surface area is 248 Å². The number of hydrogen-bond donors (Lipinski definition) is 1. The molecule has 0 saturated carbocycles. The molecule has 222 valence electrons. The van der Waals surface area contributed by atoms with Gasteiger partial charge in [-0.25, -0.2) is 9.18 Å². The number of nitrogens with zero attached hydrogens (tertiary/aromatic N) is 2. The topological polar surface area (TPSA) is 121 Å². The van der Waals surface area contributed by atoms with Gasteiger partial charge in [-0.15, -0.1) is 0 Å². The van der Waals surface area contributed by atoms with Crippen molar-refractivity contribution in [2.45, 2.75) is 32.1 Å². The number of carbonyl (C=O) groups is 3. The van der Waals surface area contributed by atoms with Crippen LogP contribution in [0.25, 0.3) is 0 Å². The molecule has 0 fully saturated rings. The Morgan fingerprint density at radius 1 is 1.02 bits per heavy atom. The molecule has 5 rings (SSSR count). The maximum Gasteiger partial charge on any atom is 0.338 e. The summed E-state index contributed by atoms with van der Waals surface area (Å²) in [6.07, 6.45) is 3.19. The van der Waals surface area contributed by atoms with Gasteiger partial charge in [0.25, 0.3) is 0 Å². The number of halogens is 1. The van der Waals surface area contributed by atoms with Crippen LogP contribution in [-0.4, -0.2) is 43.0 Å². The summed E-state index contributed by atoms with van der Waals surface area (Å²) < 4.78 is 31.7. The Balaban J connectivity index is 1.83. The van der Waals surface area contributed by atoms with Gasteiger partial charge in [0, 0.05) is 29.6 Å². The van der Waals surface area contributed by atoms with Crippen LogP contribution >= 0.6 is 0 Å². The number of ether oxygens (including phenoxy) is 3. The van der Waals surface area contributed by atoms with Crippen molar-refractivity contribution in [1.82, 2.24) is 4.98 Å². The fraction of sp³-hybridized carbons (Fsp3) is 0.273. The molecule has 0 saturated heterocycles. The van der Waals surface area contributed by atoms with E-state index in [4.69, 9.17) is 19.9 Å². The van der Waals surface area contributed by atoms with Gasteiger partial charge < -0.3 is 19.9 Å². The van der Waals surface area contributed by atoms with Gasteiger partial charge >= 0.3 is 11.9 Å². The van der Waals surface area contributed by atoms with E-state index < -0.39 is 41.3 Å². The molecule has 0 unspecified atom stereocenters. The van der Waals surface area contributed by atoms with Gasteiger partial charge in [0.05, 0.1) is 37.5 Å². The third-order valence-electron chi connectivity index (χ3n) is 7.71. The molecule has 2 heterocycles. The first-order valence-corrected chi connectivity index (χ1v) is 14.0. The van der Waals surface area contributed by atoms with E-state index in [-0.39, 0.29) is 42.3 Å². The molecule has 3 atom stereocenters. The minimum absolute atomic E-state index is 0.0400. The average Bonchev–Trinajstić information content (AvgIpc) is 3.01. The van der Waals surface area contributed by atoms with E-state index in [0.717, 1.165) is 0 Å². The number of carbonyl (C=O) groups excluding carboxylic acids is 3. The number of methoxy groups -OCH3 is 1. The van der Waals surface area contributed by atoms with Gasteiger partial charge in [0.1, 0.15) is 23.3 Å². The molecule has 1 aromatic heterocycles. The van der Waals surface area contributed by atoms with Gasteiger partial charge in [-0.2, -0.15) is 0 Å². The highest BCUT2D eigenvalue weighted by molar-refractivity contribution is 6.14. The van der Waals surface area contributed by atoms with Crippen molar-refractivity contribution in [1.29, 1.82) is 0 Å². The number of benzene rings is 2. The maximum absolute atomic E-state index is 15.5. The van der Waals surface area contributed by atoms with Crippen LogP contribution in [0, 0.1) is 11.7 Å². The Bertz CT molecular complexity index is 1620. The molecule has 3 aromatic rings. The van der Waals surface area contributed by atoms with Crippen molar-refractivity contribution in [2.75, 3.05) is 25.2 Å². The highest BCUT2D eigenvalue weighted by Crippen LogP contribution is 2.52. The normalized spacial score (nSPS) is 20.0. The number of hydrogen-bond acceptors (Lipinski definition) is 9. The zero-order valence-electron chi connectivity index (χ0n) is 24.1. The molecule has 1 aliphatic heterocycles. The summed E-state index contributed by atoms with van der Waals surface area (Å²) in [5.41, 5.74) is 8.41. The van der Waals surface area contributed by atoms with Crippen LogP contribution in [0.15, 0.2) is 95.7 Å². The number of Topliss-reactive ketones (excluding diaryl/α,β-unsaturated/α-hetero) is 1. The van der Waals surface area contributed by atoms with E-state index in [0.29, 0.717) is 22.6 Å². The lowest BCUT2D eigenvalue weighted by molar-refractivity contribution is -0.152. The van der Waals surface area contributed by atoms with Gasteiger partial charge in [-0.1, -0.05) is 30.3 Å². The first kappa shape index (κ1) is 29.5. The summed E-state index contributed by atoms with van der Waals surface area (Å²) in [6, 6.07) is 16.4. The minimum atomic E-state index is -1.25. The van der Waals surface area contributed by atoms with Crippen molar-refractivity contribution in [3.8, 4) is 5.75 Å². The zero-order valence-corrected chi connectivity index (χ0v) is 24.1. The zero-order chi connectivity index (χ0) is 30.7. The van der Waals surface area contributed by atoms with Crippen molar-refractivity contribution in [3.63, 3.8) is 0 Å². The Hall–Kier alpha value is -4.99. The first-order valence-electron chi connectivity index (χ1n) is 14.0. The highest BCUT2D eigenvalue weighted by Gasteiger charge is 2.51. The Kier molecular flexibility index (Phi) is 8.56. The van der Waals surface area contributed by atoms with Crippen LogP contribution in [0.4, 0.5) is 10.1 Å². The molecule has 2 N–H and O–H groups in total. The van der Waals surface area contributed by atoms with Crippen LogP contribution < -0.4 is 15.4 Å². The van der Waals surface area contributed by atoms with Crippen LogP contribution in [-0.2, 0) is 23.9 Å². The summed E-state index contributed by atoms with van der Waals surface area (Å²) in [5, 5.41) is 0. The maximum atomic E-state index is 15.5. The van der Waals surface area contributed by atoms with Gasteiger partial charge in [0.2, 0.25) is 0 Å². The number of anilines is 1. The van der Waals surface area contributed by atoms with E-state index in [1.54, 1.807) is 62.5 Å². The Morgan fingerprint density at radius 3 is 2.44 bits per heavy atom. The predicted molar refractivity (Wildman–Crippen MR) is 156 cm³/mol. The lowest BCUT2D eigenvalue weighted by atomic mass is 9.67. The molecule has 0 radical (unpaired) electrons. The second kappa shape index (κ2) is 12.5. The average molecular weight is 586 g/mol. The van der Waals surface area contributed by atoms with Crippen LogP contribution in [0.3, 0.4) is 0 Å². The van der Waals surface area contributed by atoms with E-state index >= 15 is 4.39 Å². The second-order valence-corrected chi connectivity index (χ2v) is 10.1. The highest BCUT2D eigenvalue weighted by atomic mass is 19.1. The molecule has 0 amide bonds. The van der Waals surface area contributed by atoms with Gasteiger partial charge in [-0.05, 0) is 61.7 Å². The molecule has 2 aliphatic rings. The molecule has 43 heavy (non-hydrogen) atoms. The van der Waals surface area contributed by atoms with E-state index in [1.165, 1.54) is 36.4 Å². The second-order valence-electron chi connectivity index (χ2n) is 10.1. The van der Waals surface area contributed by atoms with Crippen LogP contribution in [0.1, 0.15) is 43.2 Å². The molecule has 1 aliphatic carbocycles. The molecule has 0 bridgehead atoms. The molecular weight excluding hydrogens is 553 g/mol. The predicted octanol–water partition coefficient (Wildman–Crippen LogP) is 4.76. The van der Waals surface area contributed by atoms with E-state index in [1.807, 2.05) is 0 Å². The summed E-state index contributed by atoms with van der Waals surface area (Å²) in [7, 11) is 1.52. The number of aromatic nitrogens is 1. The van der Waals surface area contributed by atoms with Crippen molar-refractivity contribution in [3.05, 3.63) is 113 Å². The minimum Gasteiger partial charge on any atom is -0.497 e. The monoisotopic (exact) mass is 585 g/mol. The number of para-hydroxylation sites is 1. The van der Waals surface area contributed by atoms with E-state index in [2.05, 4.69) is 4.98 Å². The van der Waals surface area contributed by atoms with Gasteiger partial charge in [-0.3, -0.25) is 19.5 Å². The summed E-state index contributed by atoms with van der Waals surface area (Å²) in [6.45, 7) is 3.42. The van der Waals surface area contributed by atoms with E-state index in [9.17, 15) is 14.4 Å². The van der Waals surface area contributed by atoms with Crippen LogP contribution in [0.5, 0.6) is 5.75 Å². The smallest absolute Gasteiger partial charge is 0.338 e. The molecule has 10 heteroatoms. The molecule has 0 spiro atoms. The number of pyridine rings is 1. The number of nitrogens with two attached hydrogens (primary N) is 1.